The Balaban J connectivity index is 0.00000324. The molecule has 1 aromatic heterocycles. The summed E-state index contributed by atoms with van der Waals surface area (Å²) in [6.45, 7) is 0. The maximum Gasteiger partial charge on any atom is 0.263 e. The Bertz CT molecular complexity index is 1350. The number of carbonyl (C=O) groups is 1. The number of benzene rings is 2. The molecule has 4 rings (SSSR count). The Hall–Kier alpha value is -3.12. The Morgan fingerprint density at radius 2 is 1.88 bits per heavy atom. The van der Waals surface area contributed by atoms with E-state index in [0.717, 1.165) is 11.1 Å². The van der Waals surface area contributed by atoms with Crippen LogP contribution in [0.2, 0.25) is 5.02 Å². The number of pyridine rings is 1. The molecular weight excluding hydrogens is 500 g/mol. The lowest BCUT2D eigenvalue weighted by Crippen LogP contribution is -2.15. The van der Waals surface area contributed by atoms with Crippen LogP contribution < -0.4 is 10.0 Å². The van der Waals surface area contributed by atoms with E-state index in [1.807, 2.05) is 12.1 Å². The van der Waals surface area contributed by atoms with Gasteiger partial charge in [-0.2, -0.15) is 4.40 Å². The predicted octanol–water partition coefficient (Wildman–Crippen LogP) is 2.93. The first-order valence-electron chi connectivity index (χ1n) is 9.89. The number of nitrogens with one attached hydrogen (secondary N) is 2. The van der Waals surface area contributed by atoms with Crippen molar-refractivity contribution < 1.29 is 22.9 Å². The Kier molecular flexibility index (Phi) is 8.15. The number of aromatic nitrogens is 1. The Morgan fingerprint density at radius 3 is 2.59 bits per heavy atom. The number of sulfonamides is 1. The molecular formula is C22H21ClN4O5S2. The van der Waals surface area contributed by atoms with Crippen LogP contribution in [-0.4, -0.2) is 35.2 Å². The van der Waals surface area contributed by atoms with Crippen molar-refractivity contribution in [3.63, 3.8) is 0 Å². The van der Waals surface area contributed by atoms with Crippen LogP contribution in [0.4, 0.5) is 11.4 Å². The summed E-state index contributed by atoms with van der Waals surface area (Å²) in [6.07, 6.45) is 5.97. The van der Waals surface area contributed by atoms with Crippen LogP contribution in [0.1, 0.15) is 17.5 Å². The van der Waals surface area contributed by atoms with E-state index >= 15 is 0 Å². The maximum absolute atomic E-state index is 12.9. The van der Waals surface area contributed by atoms with Gasteiger partial charge in [-0.15, -0.1) is 0 Å². The first kappa shape index (κ1) is 25.5. The van der Waals surface area contributed by atoms with Gasteiger partial charge in [-0.1, -0.05) is 29.8 Å². The van der Waals surface area contributed by atoms with Crippen molar-refractivity contribution in [3.05, 3.63) is 77.1 Å². The third kappa shape index (κ3) is 6.06. The van der Waals surface area contributed by atoms with Crippen LogP contribution >= 0.6 is 11.6 Å². The number of rotatable bonds is 8. The predicted molar refractivity (Wildman–Crippen MR) is 132 cm³/mol. The number of halogens is 1. The van der Waals surface area contributed by atoms with Gasteiger partial charge >= 0.3 is 0 Å². The molecule has 0 radical (unpaired) electrons. The van der Waals surface area contributed by atoms with E-state index in [1.165, 1.54) is 18.5 Å². The molecule has 0 spiro atoms. The summed E-state index contributed by atoms with van der Waals surface area (Å²) in [7, 11) is -5.76. The third-order valence-electron chi connectivity index (χ3n) is 4.90. The van der Waals surface area contributed by atoms with Crippen LogP contribution in [0.5, 0.6) is 0 Å². The minimum Gasteiger partial charge on any atom is -0.412 e. The van der Waals surface area contributed by atoms with E-state index < -0.39 is 21.0 Å². The van der Waals surface area contributed by atoms with Gasteiger partial charge in [-0.25, -0.2) is 12.6 Å². The second-order valence-corrected chi connectivity index (χ2v) is 10.5. The minimum atomic E-state index is -4.04. The van der Waals surface area contributed by atoms with Crippen molar-refractivity contribution in [2.45, 2.75) is 29.1 Å². The number of aryl methyl sites for hydroxylation is 1. The van der Waals surface area contributed by atoms with Crippen molar-refractivity contribution in [2.24, 2.45) is 4.40 Å². The van der Waals surface area contributed by atoms with E-state index in [4.69, 9.17) is 11.6 Å². The second-order valence-electron chi connectivity index (χ2n) is 7.29. The van der Waals surface area contributed by atoms with Gasteiger partial charge in [-0.05, 0) is 47.9 Å². The summed E-state index contributed by atoms with van der Waals surface area (Å²) in [4.78, 5) is 16.3. The molecule has 178 valence electrons. The molecule has 1 aliphatic rings. The van der Waals surface area contributed by atoms with Crippen LogP contribution in [0.25, 0.3) is 0 Å². The van der Waals surface area contributed by atoms with Crippen molar-refractivity contribution in [1.82, 2.24) is 4.98 Å². The highest BCUT2D eigenvalue weighted by Gasteiger charge is 2.24. The summed E-state index contributed by atoms with van der Waals surface area (Å²) >= 11 is 6.17. The summed E-state index contributed by atoms with van der Waals surface area (Å²) in [6, 6.07) is 13.0. The van der Waals surface area contributed by atoms with Crippen LogP contribution in [0, 0.1) is 0 Å². The molecule has 0 saturated carbocycles. The van der Waals surface area contributed by atoms with E-state index in [9.17, 15) is 17.4 Å². The van der Waals surface area contributed by atoms with Crippen LogP contribution in [0.15, 0.2) is 75.1 Å². The summed E-state index contributed by atoms with van der Waals surface area (Å²) in [5.41, 5.74) is 2.53. The van der Waals surface area contributed by atoms with E-state index in [1.54, 1.807) is 36.7 Å². The zero-order valence-electron chi connectivity index (χ0n) is 17.7. The lowest BCUT2D eigenvalue weighted by Gasteiger charge is -2.15. The number of carbonyl (C=O) groups excluding carboxylic acids is 1. The van der Waals surface area contributed by atoms with Crippen molar-refractivity contribution >= 4 is 56.1 Å². The van der Waals surface area contributed by atoms with E-state index in [2.05, 4.69) is 19.4 Å². The molecule has 1 atom stereocenters. The molecule has 2 aromatic carbocycles. The summed E-state index contributed by atoms with van der Waals surface area (Å²) < 4.78 is 44.0. The molecule has 9 nitrogen and oxygen atoms in total. The topological polar surface area (TPSA) is 149 Å². The lowest BCUT2D eigenvalue weighted by atomic mass is 10.0. The molecule has 34 heavy (non-hydrogen) atoms. The van der Waals surface area contributed by atoms with Gasteiger partial charge in [0.1, 0.15) is 17.0 Å². The molecule has 3 aromatic rings. The number of hydrogen-bond acceptors (Lipinski definition) is 6. The normalized spacial score (nSPS) is 14.4. The number of ketones is 1. The zero-order chi connectivity index (χ0) is 23.4. The average molecular weight is 521 g/mol. The fourth-order valence-electron chi connectivity index (χ4n) is 3.25. The third-order valence-corrected chi connectivity index (χ3v) is 7.76. The molecule has 0 saturated heterocycles. The monoisotopic (exact) mass is 520 g/mol. The minimum absolute atomic E-state index is 0. The number of nitrogens with zero attached hydrogens (tertiary/aromatic N) is 2. The van der Waals surface area contributed by atoms with Gasteiger partial charge in [0.2, 0.25) is 0 Å². The number of anilines is 2. The molecule has 4 N–H and O–H groups in total. The molecule has 0 fully saturated rings. The lowest BCUT2D eigenvalue weighted by molar-refractivity contribution is -0.118. The molecule has 1 unspecified atom stereocenters. The van der Waals surface area contributed by atoms with Crippen molar-refractivity contribution in [1.29, 1.82) is 0 Å². The Morgan fingerprint density at radius 1 is 1.12 bits per heavy atom. The molecule has 0 bridgehead atoms. The van der Waals surface area contributed by atoms with Gasteiger partial charge in [0.25, 0.3) is 10.0 Å². The fourth-order valence-corrected chi connectivity index (χ4v) is 5.72. The standard InChI is InChI=1S/C22H19ClN4O4S2.H2O/c23-19-11-20-21(32(29)26-14-25-20)12-22(19)33(30,31)27-17-6-3-15(4-7-17)10-18(28)8-5-16-2-1-9-24-13-16;/h1-4,6-7,9,11-14,27H,5,8,10H2,(H,25,26);1H2. The molecule has 0 amide bonds. The highest BCUT2D eigenvalue weighted by atomic mass is 35.5. The van der Waals surface area contributed by atoms with Gasteiger partial charge in [-0.3, -0.25) is 14.5 Å². The van der Waals surface area contributed by atoms with Crippen LogP contribution in [0.3, 0.4) is 0 Å². The summed E-state index contributed by atoms with van der Waals surface area (Å²) in [5, 5.41) is 2.77. The number of fused-ring (bicyclic) bond motifs is 1. The van der Waals surface area contributed by atoms with Crippen LogP contribution in [-0.2, 0) is 38.6 Å². The van der Waals surface area contributed by atoms with E-state index in [-0.39, 0.29) is 32.5 Å². The van der Waals surface area contributed by atoms with Crippen molar-refractivity contribution in [3.8, 4) is 0 Å². The zero-order valence-corrected chi connectivity index (χ0v) is 20.1. The Labute approximate surface area is 204 Å². The quantitative estimate of drug-likeness (QED) is 0.466. The van der Waals surface area contributed by atoms with Gasteiger partial charge in [0.05, 0.1) is 15.6 Å². The number of hydrogen-bond donors (Lipinski definition) is 2. The summed E-state index contributed by atoms with van der Waals surface area (Å²) in [5.74, 6) is 0.0808. The second kappa shape index (κ2) is 10.9. The van der Waals surface area contributed by atoms with Gasteiger partial charge < -0.3 is 10.8 Å². The molecule has 2 heterocycles. The molecule has 0 aliphatic carbocycles. The first-order chi connectivity index (χ1) is 15.8. The largest absolute Gasteiger partial charge is 0.412 e. The highest BCUT2D eigenvalue weighted by molar-refractivity contribution is 7.93. The number of Topliss-reactive ketones (excluding diaryl/α,β-unsaturated/α-hetero) is 1. The smallest absolute Gasteiger partial charge is 0.263 e. The fraction of sp³-hybridized carbons (Fsp3) is 0.136. The van der Waals surface area contributed by atoms with Gasteiger partial charge in [0.15, 0.2) is 11.0 Å². The highest BCUT2D eigenvalue weighted by Crippen LogP contribution is 2.33. The van der Waals surface area contributed by atoms with E-state index in [0.29, 0.717) is 24.2 Å². The molecule has 1 aliphatic heterocycles. The van der Waals surface area contributed by atoms with Gasteiger partial charge in [0, 0.05) is 30.9 Å². The SMILES string of the molecule is O.O=C(CCc1cccnc1)Cc1ccc(NS(=O)(=O)c2cc3c(cc2Cl)NC=NS3=O)cc1. The average Bonchev–Trinajstić information content (AvgIpc) is 2.79. The maximum atomic E-state index is 12.9. The first-order valence-corrected chi connectivity index (χ1v) is 12.9. The molecule has 12 heteroatoms. The van der Waals surface area contributed by atoms with Crippen molar-refractivity contribution in [2.75, 3.05) is 10.0 Å².